The Kier molecular flexibility index (Phi) is 8.69. The number of rotatable bonds is 9. The maximum absolute atomic E-state index is 15.5. The van der Waals surface area contributed by atoms with Gasteiger partial charge in [-0.1, -0.05) is 0 Å². The molecule has 0 spiro atoms. The van der Waals surface area contributed by atoms with Crippen LogP contribution in [0.3, 0.4) is 0 Å². The minimum absolute atomic E-state index is 0.0794. The summed E-state index contributed by atoms with van der Waals surface area (Å²) in [5.41, 5.74) is -1.59. The predicted octanol–water partition coefficient (Wildman–Crippen LogP) is 3.01. The molecule has 2 aliphatic rings. The van der Waals surface area contributed by atoms with E-state index in [1.54, 1.807) is 41.5 Å². The number of nitrogen functional groups attached to an aromatic ring is 1. The van der Waals surface area contributed by atoms with Gasteiger partial charge in [-0.25, -0.2) is 9.18 Å². The fourth-order valence-electron chi connectivity index (χ4n) is 3.99. The van der Waals surface area contributed by atoms with Crippen LogP contribution in [0, 0.1) is 10.8 Å². The van der Waals surface area contributed by atoms with Crippen LogP contribution in [-0.2, 0) is 37.4 Å². The molecule has 0 aromatic carbocycles. The molecule has 1 aliphatic heterocycles. The van der Waals surface area contributed by atoms with Crippen molar-refractivity contribution < 1.29 is 46.9 Å². The highest BCUT2D eigenvalue weighted by Crippen LogP contribution is 2.70. The highest BCUT2D eigenvalue weighted by atomic mass is 35.5. The Hall–Kier alpha value is -2.35. The minimum atomic E-state index is -4.43. The topological polar surface area (TPSA) is 178 Å². The lowest BCUT2D eigenvalue weighted by molar-refractivity contribution is -0.161. The molecule has 1 aromatic rings. The number of ether oxygens (including phenoxy) is 3. The maximum Gasteiger partial charge on any atom is 0.360 e. The van der Waals surface area contributed by atoms with Crippen molar-refractivity contribution in [1.82, 2.24) is 9.55 Å². The summed E-state index contributed by atoms with van der Waals surface area (Å²) in [5, 5.41) is 9.78. The Balaban J connectivity index is 1.89. The normalized spacial score (nSPS) is 28.6. The monoisotopic (exact) mass is 609 g/mol. The summed E-state index contributed by atoms with van der Waals surface area (Å²) >= 11 is 6.29. The number of fused-ring (bicyclic) bond motifs is 1. The van der Waals surface area contributed by atoms with Crippen molar-refractivity contribution >= 4 is 37.0 Å². The highest BCUT2D eigenvalue weighted by Gasteiger charge is 2.88. The van der Waals surface area contributed by atoms with E-state index in [2.05, 4.69) is 4.98 Å². The number of esters is 2. The summed E-state index contributed by atoms with van der Waals surface area (Å²) in [6.45, 7) is 9.28. The van der Waals surface area contributed by atoms with Crippen LogP contribution < -0.4 is 11.4 Å². The molecule has 3 N–H and O–H groups in total. The molecule has 1 saturated heterocycles. The lowest BCUT2D eigenvalue weighted by Crippen LogP contribution is -2.37. The predicted molar refractivity (Wildman–Crippen MR) is 140 cm³/mol. The average molecular weight is 610 g/mol. The molecular formula is C24H34ClFN3O10P. The summed E-state index contributed by atoms with van der Waals surface area (Å²) < 4.78 is 56.3. The van der Waals surface area contributed by atoms with Crippen LogP contribution in [0.15, 0.2) is 28.4 Å². The second-order valence-electron chi connectivity index (χ2n) is 11.6. The maximum atomic E-state index is 15.5. The second kappa shape index (κ2) is 10.8. The van der Waals surface area contributed by atoms with Crippen molar-refractivity contribution in [3.63, 3.8) is 0 Å². The Morgan fingerprint density at radius 3 is 2.15 bits per heavy atom. The van der Waals surface area contributed by atoms with Crippen LogP contribution in [0.25, 0.3) is 0 Å². The summed E-state index contributed by atoms with van der Waals surface area (Å²) in [6, 6.07) is 1.24. The first kappa shape index (κ1) is 32.2. The standard InChI is InChI=1S/C24H34ClFN3O10P/c1-13(24-17(25)23(24,33)15(26)16(39-24)29-9-8-14(27)28-20(29)32)10-40(34,37-11-35-18(30)21(2,3)4)38-12-36-19(31)22(5,6)7/h8-10,15-17,33H,11-12H2,1-7H3,(H2,27,28,32)/b13-10-/t15-,16+,17?,23+,24-/m0/s1. The third-order valence-electron chi connectivity index (χ3n) is 6.37. The zero-order chi connectivity index (χ0) is 30.5. The molecule has 2 fully saturated rings. The van der Waals surface area contributed by atoms with Gasteiger partial charge in [0.05, 0.1) is 10.8 Å². The second-order valence-corrected chi connectivity index (χ2v) is 13.9. The highest BCUT2D eigenvalue weighted by molar-refractivity contribution is 7.57. The van der Waals surface area contributed by atoms with E-state index in [-0.39, 0.29) is 11.4 Å². The summed E-state index contributed by atoms with van der Waals surface area (Å²) in [6.07, 6.45) is -2.70. The third kappa shape index (κ3) is 5.83. The van der Waals surface area contributed by atoms with Crippen molar-refractivity contribution in [2.45, 2.75) is 77.4 Å². The molecule has 1 saturated carbocycles. The number of alkyl halides is 2. The minimum Gasteiger partial charge on any atom is -0.438 e. The molecule has 2 heterocycles. The van der Waals surface area contributed by atoms with Gasteiger partial charge in [-0.2, -0.15) is 4.98 Å². The SMILES string of the molecule is C/C(=C/P(=O)(OCOC(=O)C(C)(C)C)OCOC(=O)C(C)(C)C)[C@@]12O[C@@H](n3ccc(N)nc3=O)[C@H](F)[C@@]1(O)C2Cl. The molecule has 5 atom stereocenters. The lowest BCUT2D eigenvalue weighted by atomic mass is 9.98. The van der Waals surface area contributed by atoms with Crippen molar-refractivity contribution in [1.29, 1.82) is 0 Å². The Bertz CT molecular complexity index is 1270. The van der Waals surface area contributed by atoms with Gasteiger partial charge in [0.25, 0.3) is 0 Å². The number of anilines is 1. The van der Waals surface area contributed by atoms with Crippen molar-refractivity contribution in [2.24, 2.45) is 10.8 Å². The van der Waals surface area contributed by atoms with Crippen LogP contribution in [0.2, 0.25) is 0 Å². The van der Waals surface area contributed by atoms with E-state index in [9.17, 15) is 24.1 Å². The van der Waals surface area contributed by atoms with Gasteiger partial charge in [-0.15, -0.1) is 11.6 Å². The molecule has 0 radical (unpaired) electrons. The van der Waals surface area contributed by atoms with Gasteiger partial charge in [-0.3, -0.25) is 27.8 Å². The van der Waals surface area contributed by atoms with Crippen LogP contribution >= 0.6 is 19.2 Å². The molecule has 1 aromatic heterocycles. The van der Waals surface area contributed by atoms with E-state index in [1.807, 2.05) is 0 Å². The first-order valence-electron chi connectivity index (χ1n) is 12.2. The Morgan fingerprint density at radius 1 is 1.20 bits per heavy atom. The summed E-state index contributed by atoms with van der Waals surface area (Å²) in [7, 11) is -4.43. The van der Waals surface area contributed by atoms with Crippen molar-refractivity contribution in [2.75, 3.05) is 19.3 Å². The quantitative estimate of drug-likeness (QED) is 0.181. The fourth-order valence-corrected chi connectivity index (χ4v) is 5.89. The number of carbonyl (C=O) groups excluding carboxylic acids is 2. The summed E-state index contributed by atoms with van der Waals surface area (Å²) in [4.78, 5) is 40.1. The molecule has 3 rings (SSSR count). The number of aromatic nitrogens is 2. The first-order chi connectivity index (χ1) is 18.2. The number of nitrogens with two attached hydrogens (primary N) is 1. The number of carbonyl (C=O) groups is 2. The van der Waals surface area contributed by atoms with E-state index in [0.29, 0.717) is 0 Å². The van der Waals surface area contributed by atoms with E-state index in [4.69, 9.17) is 40.6 Å². The zero-order valence-electron chi connectivity index (χ0n) is 23.2. The number of halogens is 2. The number of hydrogen-bond acceptors (Lipinski definition) is 12. The van der Waals surface area contributed by atoms with E-state index in [0.717, 1.165) is 16.6 Å². The van der Waals surface area contributed by atoms with Gasteiger partial charge >= 0.3 is 25.2 Å². The third-order valence-corrected chi connectivity index (χ3v) is 8.64. The van der Waals surface area contributed by atoms with Gasteiger partial charge in [0.1, 0.15) is 16.8 Å². The van der Waals surface area contributed by atoms with Gasteiger partial charge < -0.3 is 25.1 Å². The Labute approximate surface area is 235 Å². The van der Waals surface area contributed by atoms with Gasteiger partial charge in [-0.05, 0) is 60.1 Å². The molecule has 16 heteroatoms. The first-order valence-corrected chi connectivity index (χ1v) is 14.2. The van der Waals surface area contributed by atoms with Crippen LogP contribution in [0.5, 0.6) is 0 Å². The van der Waals surface area contributed by atoms with Crippen molar-refractivity contribution in [3.05, 3.63) is 34.1 Å². The van der Waals surface area contributed by atoms with E-state index >= 15 is 4.39 Å². The molecule has 40 heavy (non-hydrogen) atoms. The average Bonchev–Trinajstić information content (AvgIpc) is 3.19. The molecule has 1 aliphatic carbocycles. The molecule has 224 valence electrons. The van der Waals surface area contributed by atoms with Gasteiger partial charge in [0, 0.05) is 12.0 Å². The fraction of sp³-hybridized carbons (Fsp3) is 0.667. The molecule has 1 unspecified atom stereocenters. The van der Waals surface area contributed by atoms with E-state index < -0.39 is 78.6 Å². The number of aliphatic hydroxyl groups is 1. The number of hydrogen-bond donors (Lipinski definition) is 2. The summed E-state index contributed by atoms with van der Waals surface area (Å²) in [5.74, 6) is -0.538. The van der Waals surface area contributed by atoms with Crippen LogP contribution in [0.1, 0.15) is 54.7 Å². The lowest BCUT2D eigenvalue weighted by Gasteiger charge is -2.24. The zero-order valence-corrected chi connectivity index (χ0v) is 24.8. The van der Waals surface area contributed by atoms with Gasteiger partial charge in [0.2, 0.25) is 13.6 Å². The van der Waals surface area contributed by atoms with Crippen LogP contribution in [0.4, 0.5) is 10.2 Å². The number of nitrogens with zero attached hydrogens (tertiary/aromatic N) is 2. The van der Waals surface area contributed by atoms with Crippen molar-refractivity contribution in [3.8, 4) is 0 Å². The smallest absolute Gasteiger partial charge is 0.360 e. The molecule has 0 bridgehead atoms. The van der Waals surface area contributed by atoms with E-state index in [1.165, 1.54) is 13.0 Å². The van der Waals surface area contributed by atoms with Gasteiger partial charge in [0.15, 0.2) is 18.0 Å². The van der Waals surface area contributed by atoms with Crippen LogP contribution in [-0.4, -0.2) is 62.9 Å². The molecule has 13 nitrogen and oxygen atoms in total. The Morgan fingerprint density at radius 2 is 1.70 bits per heavy atom. The largest absolute Gasteiger partial charge is 0.438 e. The molecule has 0 amide bonds. The molecular weight excluding hydrogens is 576 g/mol.